The van der Waals surface area contributed by atoms with Gasteiger partial charge in [-0.15, -0.1) is 0 Å². The van der Waals surface area contributed by atoms with Crippen LogP contribution in [0, 0.1) is 5.92 Å². The lowest BCUT2D eigenvalue weighted by atomic mass is 10.2. The van der Waals surface area contributed by atoms with Crippen molar-refractivity contribution in [1.29, 1.82) is 0 Å². The van der Waals surface area contributed by atoms with Crippen molar-refractivity contribution in [2.75, 3.05) is 24.6 Å². The first-order valence-electron chi connectivity index (χ1n) is 5.74. The Morgan fingerprint density at radius 1 is 1.47 bits per heavy atom. The second-order valence-corrected chi connectivity index (χ2v) is 7.06. The normalized spacial score (nSPS) is 38.9. The molecule has 3 atom stereocenters. The van der Waals surface area contributed by atoms with Crippen LogP contribution in [0.2, 0.25) is 0 Å². The monoisotopic (exact) mass is 232 g/mol. The molecule has 2 fully saturated rings. The van der Waals surface area contributed by atoms with Crippen LogP contribution in [0.3, 0.4) is 0 Å². The van der Waals surface area contributed by atoms with Crippen LogP contribution in [0.25, 0.3) is 0 Å². The number of rotatable bonds is 4. The summed E-state index contributed by atoms with van der Waals surface area (Å²) in [5.74, 6) is 1.43. The minimum absolute atomic E-state index is 0.158. The summed E-state index contributed by atoms with van der Waals surface area (Å²) in [6, 6.07) is 0.843. The van der Waals surface area contributed by atoms with Crippen molar-refractivity contribution in [2.45, 2.75) is 31.8 Å². The molecular weight excluding hydrogens is 212 g/mol. The fourth-order valence-corrected chi connectivity index (χ4v) is 3.60. The number of hydrogen-bond donors (Lipinski definition) is 2. The molecule has 2 rings (SSSR count). The number of sulfone groups is 1. The number of hydrogen-bond acceptors (Lipinski definition) is 4. The summed E-state index contributed by atoms with van der Waals surface area (Å²) in [5.41, 5.74) is 0. The van der Waals surface area contributed by atoms with Crippen LogP contribution in [0.15, 0.2) is 0 Å². The molecule has 1 aliphatic heterocycles. The van der Waals surface area contributed by atoms with Gasteiger partial charge in [-0.25, -0.2) is 8.42 Å². The highest BCUT2D eigenvalue weighted by atomic mass is 32.2. The Labute approximate surface area is 91.7 Å². The quantitative estimate of drug-likeness (QED) is 0.702. The first kappa shape index (κ1) is 11.4. The second-order valence-electron chi connectivity index (χ2n) is 4.83. The van der Waals surface area contributed by atoms with Gasteiger partial charge in [-0.3, -0.25) is 0 Å². The van der Waals surface area contributed by atoms with E-state index in [1.54, 1.807) is 0 Å². The molecular formula is C10H20N2O2S. The minimum Gasteiger partial charge on any atom is -0.314 e. The van der Waals surface area contributed by atoms with E-state index in [9.17, 15) is 8.42 Å². The molecule has 0 radical (unpaired) electrons. The van der Waals surface area contributed by atoms with Crippen molar-refractivity contribution in [3.8, 4) is 0 Å². The molecule has 0 aromatic carbocycles. The van der Waals surface area contributed by atoms with Crippen LogP contribution in [0.1, 0.15) is 19.8 Å². The van der Waals surface area contributed by atoms with Crippen LogP contribution >= 0.6 is 0 Å². The lowest BCUT2D eigenvalue weighted by Crippen LogP contribution is -2.46. The summed E-state index contributed by atoms with van der Waals surface area (Å²) in [5, 5.41) is 6.71. The van der Waals surface area contributed by atoms with E-state index in [-0.39, 0.29) is 6.04 Å². The average molecular weight is 232 g/mol. The molecule has 0 aromatic heterocycles. The maximum absolute atomic E-state index is 11.4. The van der Waals surface area contributed by atoms with Crippen LogP contribution in [-0.4, -0.2) is 45.1 Å². The smallest absolute Gasteiger partial charge is 0.153 e. The Bertz CT molecular complexity index is 315. The summed E-state index contributed by atoms with van der Waals surface area (Å²) in [6.07, 6.45) is 2.19. The molecule has 1 saturated carbocycles. The van der Waals surface area contributed by atoms with E-state index >= 15 is 0 Å². The van der Waals surface area contributed by atoms with E-state index in [2.05, 4.69) is 17.6 Å². The third-order valence-electron chi connectivity index (χ3n) is 3.31. The van der Waals surface area contributed by atoms with E-state index in [0.29, 0.717) is 24.1 Å². The van der Waals surface area contributed by atoms with Gasteiger partial charge in [0.25, 0.3) is 0 Å². The zero-order valence-electron chi connectivity index (χ0n) is 9.20. The Balaban J connectivity index is 1.66. The van der Waals surface area contributed by atoms with Gasteiger partial charge in [0.15, 0.2) is 9.84 Å². The zero-order chi connectivity index (χ0) is 10.9. The van der Waals surface area contributed by atoms with Crippen molar-refractivity contribution in [3.63, 3.8) is 0 Å². The van der Waals surface area contributed by atoms with Gasteiger partial charge >= 0.3 is 0 Å². The van der Waals surface area contributed by atoms with Crippen LogP contribution in [0.5, 0.6) is 0 Å². The van der Waals surface area contributed by atoms with E-state index in [1.165, 1.54) is 6.42 Å². The average Bonchev–Trinajstić information content (AvgIpc) is 2.80. The molecule has 88 valence electrons. The third kappa shape index (κ3) is 3.43. The summed E-state index contributed by atoms with van der Waals surface area (Å²) < 4.78 is 22.7. The van der Waals surface area contributed by atoms with Gasteiger partial charge in [0.2, 0.25) is 0 Å². The SMILES string of the molecule is CC1CC1NCCC1CS(=O)(=O)CCN1. The lowest BCUT2D eigenvalue weighted by molar-refractivity contribution is 0.476. The second kappa shape index (κ2) is 4.39. The van der Waals surface area contributed by atoms with E-state index in [0.717, 1.165) is 18.9 Å². The largest absolute Gasteiger partial charge is 0.314 e. The summed E-state index contributed by atoms with van der Waals surface area (Å²) in [6.45, 7) is 3.79. The standard InChI is InChI=1S/C10H20N2O2S/c1-8-6-10(8)12-3-2-9-7-15(13,14)5-4-11-9/h8-12H,2-7H2,1H3. The van der Waals surface area contributed by atoms with E-state index in [4.69, 9.17) is 0 Å². The van der Waals surface area contributed by atoms with Gasteiger partial charge in [0.1, 0.15) is 0 Å². The molecule has 1 saturated heterocycles. The van der Waals surface area contributed by atoms with Crippen LogP contribution < -0.4 is 10.6 Å². The summed E-state index contributed by atoms with van der Waals surface area (Å²) >= 11 is 0. The first-order chi connectivity index (χ1) is 7.07. The maximum Gasteiger partial charge on any atom is 0.153 e. The molecule has 3 unspecified atom stereocenters. The van der Waals surface area contributed by atoms with Crippen molar-refractivity contribution < 1.29 is 8.42 Å². The Morgan fingerprint density at radius 3 is 2.80 bits per heavy atom. The van der Waals surface area contributed by atoms with E-state index in [1.807, 2.05) is 0 Å². The van der Waals surface area contributed by atoms with Crippen LogP contribution in [-0.2, 0) is 9.84 Å². The molecule has 1 aliphatic carbocycles. The molecule has 0 spiro atoms. The van der Waals surface area contributed by atoms with Crippen molar-refractivity contribution in [3.05, 3.63) is 0 Å². The highest BCUT2D eigenvalue weighted by Gasteiger charge is 2.32. The molecule has 0 amide bonds. The molecule has 5 heteroatoms. The van der Waals surface area contributed by atoms with Crippen molar-refractivity contribution >= 4 is 9.84 Å². The Kier molecular flexibility index (Phi) is 3.33. The maximum atomic E-state index is 11.4. The molecule has 0 bridgehead atoms. The van der Waals surface area contributed by atoms with Gasteiger partial charge < -0.3 is 10.6 Å². The van der Waals surface area contributed by atoms with Crippen LogP contribution in [0.4, 0.5) is 0 Å². The van der Waals surface area contributed by atoms with Crippen molar-refractivity contribution in [2.24, 2.45) is 5.92 Å². The van der Waals surface area contributed by atoms with Gasteiger partial charge in [-0.2, -0.15) is 0 Å². The lowest BCUT2D eigenvalue weighted by Gasteiger charge is -2.23. The molecule has 2 N–H and O–H groups in total. The first-order valence-corrected chi connectivity index (χ1v) is 7.56. The third-order valence-corrected chi connectivity index (χ3v) is 5.05. The van der Waals surface area contributed by atoms with E-state index < -0.39 is 9.84 Å². The van der Waals surface area contributed by atoms with Crippen molar-refractivity contribution in [1.82, 2.24) is 10.6 Å². The Hall–Kier alpha value is -0.130. The van der Waals surface area contributed by atoms with Gasteiger partial charge in [-0.1, -0.05) is 6.92 Å². The molecule has 4 nitrogen and oxygen atoms in total. The topological polar surface area (TPSA) is 58.2 Å². The fourth-order valence-electron chi connectivity index (χ4n) is 2.10. The predicted molar refractivity (Wildman–Crippen MR) is 60.6 cm³/mol. The van der Waals surface area contributed by atoms with Gasteiger partial charge in [0, 0.05) is 18.6 Å². The molecule has 0 aromatic rings. The molecule has 15 heavy (non-hydrogen) atoms. The minimum atomic E-state index is -2.77. The van der Waals surface area contributed by atoms with Gasteiger partial charge in [0.05, 0.1) is 11.5 Å². The number of nitrogens with one attached hydrogen (secondary N) is 2. The predicted octanol–water partition coefficient (Wildman–Crippen LogP) is -0.239. The summed E-state index contributed by atoms with van der Waals surface area (Å²) in [7, 11) is -2.77. The Morgan fingerprint density at radius 2 is 2.20 bits per heavy atom. The molecule has 1 heterocycles. The highest BCUT2D eigenvalue weighted by Crippen LogP contribution is 2.28. The summed E-state index contributed by atoms with van der Waals surface area (Å²) in [4.78, 5) is 0. The highest BCUT2D eigenvalue weighted by molar-refractivity contribution is 7.91. The molecule has 2 aliphatic rings. The van der Waals surface area contributed by atoms with Gasteiger partial charge in [-0.05, 0) is 25.3 Å². The fraction of sp³-hybridized carbons (Fsp3) is 1.00. The zero-order valence-corrected chi connectivity index (χ0v) is 10.0.